The molecule has 0 radical (unpaired) electrons. The largest absolute Gasteiger partial charge is 0.573 e. The van der Waals surface area contributed by atoms with E-state index < -0.39 is 23.7 Å². The monoisotopic (exact) mass is 276 g/mol. The molecule has 0 bridgehead atoms. The molecule has 1 aromatic rings. The van der Waals surface area contributed by atoms with Crippen molar-refractivity contribution in [2.45, 2.75) is 32.2 Å². The Balaban J connectivity index is 2.47. The van der Waals surface area contributed by atoms with Crippen molar-refractivity contribution in [1.29, 1.82) is 0 Å². The summed E-state index contributed by atoms with van der Waals surface area (Å²) in [5, 5.41) is 9.03. The molecule has 2 rings (SSSR count). The van der Waals surface area contributed by atoms with Gasteiger partial charge in [-0.3, -0.25) is 0 Å². The highest BCUT2D eigenvalue weighted by molar-refractivity contribution is 5.92. The van der Waals surface area contributed by atoms with Gasteiger partial charge in [-0.25, -0.2) is 4.79 Å². The van der Waals surface area contributed by atoms with E-state index in [0.717, 1.165) is 12.1 Å². The number of carbonyl (C=O) groups is 1. The number of carboxylic acid groups (broad SMARTS) is 1. The van der Waals surface area contributed by atoms with Crippen molar-refractivity contribution in [3.63, 3.8) is 0 Å². The summed E-state index contributed by atoms with van der Waals surface area (Å²) in [7, 11) is 0. The van der Waals surface area contributed by atoms with E-state index in [1.165, 1.54) is 0 Å². The quantitative estimate of drug-likeness (QED) is 0.902. The molecular formula is C12H11F3O4. The first-order valence-electron chi connectivity index (χ1n) is 5.42. The van der Waals surface area contributed by atoms with E-state index in [9.17, 15) is 18.0 Å². The Morgan fingerprint density at radius 1 is 1.42 bits per heavy atom. The van der Waals surface area contributed by atoms with Gasteiger partial charge in [0.25, 0.3) is 0 Å². The van der Waals surface area contributed by atoms with Crippen LogP contribution in [0.2, 0.25) is 0 Å². The summed E-state index contributed by atoms with van der Waals surface area (Å²) in [4.78, 5) is 11.1. The third-order valence-corrected chi connectivity index (χ3v) is 2.60. The molecule has 19 heavy (non-hydrogen) atoms. The van der Waals surface area contributed by atoms with Crippen LogP contribution in [0, 0.1) is 0 Å². The molecule has 4 nitrogen and oxygen atoms in total. The Kier molecular flexibility index (Phi) is 2.87. The van der Waals surface area contributed by atoms with Crippen molar-refractivity contribution >= 4 is 5.97 Å². The number of ether oxygens (including phenoxy) is 2. The molecule has 0 aromatic heterocycles. The molecule has 0 atom stereocenters. The summed E-state index contributed by atoms with van der Waals surface area (Å²) >= 11 is 0. The Labute approximate surface area is 106 Å². The van der Waals surface area contributed by atoms with E-state index in [0.29, 0.717) is 12.0 Å². The summed E-state index contributed by atoms with van der Waals surface area (Å²) in [6.07, 6.45) is -4.54. The number of halogens is 3. The summed E-state index contributed by atoms with van der Waals surface area (Å²) in [5.41, 5.74) is -0.588. The number of carboxylic acids is 1. The Hall–Kier alpha value is -1.92. The lowest BCUT2D eigenvalue weighted by Crippen LogP contribution is -2.25. The van der Waals surface area contributed by atoms with E-state index in [-0.39, 0.29) is 11.3 Å². The predicted molar refractivity (Wildman–Crippen MR) is 58.5 cm³/mol. The van der Waals surface area contributed by atoms with Gasteiger partial charge in [-0.2, -0.15) is 0 Å². The van der Waals surface area contributed by atoms with Crippen molar-refractivity contribution in [3.05, 3.63) is 23.3 Å². The molecule has 0 aliphatic carbocycles. The number of rotatable bonds is 2. The molecule has 0 spiro atoms. The highest BCUT2D eigenvalue weighted by Gasteiger charge is 2.36. The van der Waals surface area contributed by atoms with Crippen LogP contribution in [-0.4, -0.2) is 23.0 Å². The van der Waals surface area contributed by atoms with Crippen molar-refractivity contribution in [3.8, 4) is 11.5 Å². The highest BCUT2D eigenvalue weighted by Crippen LogP contribution is 2.41. The first-order chi connectivity index (χ1) is 8.57. The minimum absolute atomic E-state index is 0.104. The van der Waals surface area contributed by atoms with E-state index in [1.54, 1.807) is 13.8 Å². The van der Waals surface area contributed by atoms with Crippen molar-refractivity contribution < 1.29 is 32.5 Å². The van der Waals surface area contributed by atoms with Crippen LogP contribution in [0.1, 0.15) is 29.8 Å². The minimum Gasteiger partial charge on any atom is -0.486 e. The maximum Gasteiger partial charge on any atom is 0.573 e. The van der Waals surface area contributed by atoms with Gasteiger partial charge in [0.1, 0.15) is 22.7 Å². The molecule has 104 valence electrons. The van der Waals surface area contributed by atoms with Crippen LogP contribution in [0.5, 0.6) is 11.5 Å². The van der Waals surface area contributed by atoms with Crippen LogP contribution < -0.4 is 9.47 Å². The third kappa shape index (κ3) is 2.91. The molecule has 0 amide bonds. The number of benzene rings is 1. The summed E-state index contributed by atoms with van der Waals surface area (Å²) in [6, 6.07) is 1.97. The summed E-state index contributed by atoms with van der Waals surface area (Å²) in [6.45, 7) is 3.45. The molecule has 1 aromatic carbocycles. The lowest BCUT2D eigenvalue weighted by Gasteiger charge is -2.17. The summed E-state index contributed by atoms with van der Waals surface area (Å²) in [5.74, 6) is -1.81. The second-order valence-corrected chi connectivity index (χ2v) is 4.85. The topological polar surface area (TPSA) is 55.8 Å². The second kappa shape index (κ2) is 4.04. The van der Waals surface area contributed by atoms with Gasteiger partial charge < -0.3 is 14.6 Å². The van der Waals surface area contributed by atoms with Gasteiger partial charge in [0.05, 0.1) is 0 Å². The van der Waals surface area contributed by atoms with Crippen LogP contribution in [0.15, 0.2) is 12.1 Å². The molecule has 1 N–H and O–H groups in total. The fourth-order valence-corrected chi connectivity index (χ4v) is 2.03. The number of aromatic carboxylic acids is 1. The summed E-state index contributed by atoms with van der Waals surface area (Å²) < 4.78 is 45.8. The Morgan fingerprint density at radius 2 is 2.05 bits per heavy atom. The average molecular weight is 276 g/mol. The van der Waals surface area contributed by atoms with E-state index >= 15 is 0 Å². The molecule has 0 saturated carbocycles. The number of hydrogen-bond donors (Lipinski definition) is 1. The molecule has 1 heterocycles. The van der Waals surface area contributed by atoms with Crippen LogP contribution in [0.4, 0.5) is 13.2 Å². The molecule has 0 saturated heterocycles. The first kappa shape index (κ1) is 13.5. The van der Waals surface area contributed by atoms with Gasteiger partial charge in [-0.1, -0.05) is 0 Å². The first-order valence-corrected chi connectivity index (χ1v) is 5.42. The van der Waals surface area contributed by atoms with Gasteiger partial charge in [0, 0.05) is 12.0 Å². The molecule has 0 unspecified atom stereocenters. The van der Waals surface area contributed by atoms with Crippen LogP contribution >= 0.6 is 0 Å². The SMILES string of the molecule is CC1(C)Cc2cc(OC(F)(F)F)cc(C(=O)O)c2O1. The van der Waals surface area contributed by atoms with Crippen LogP contribution in [0.25, 0.3) is 0 Å². The number of hydrogen-bond acceptors (Lipinski definition) is 3. The lowest BCUT2D eigenvalue weighted by atomic mass is 10.00. The number of alkyl halides is 3. The molecule has 1 aliphatic heterocycles. The molecule has 1 aliphatic rings. The van der Waals surface area contributed by atoms with Gasteiger partial charge >= 0.3 is 12.3 Å². The van der Waals surface area contributed by atoms with E-state index in [2.05, 4.69) is 4.74 Å². The zero-order valence-electron chi connectivity index (χ0n) is 10.2. The zero-order valence-corrected chi connectivity index (χ0v) is 10.2. The van der Waals surface area contributed by atoms with Crippen molar-refractivity contribution in [1.82, 2.24) is 0 Å². The minimum atomic E-state index is -4.86. The predicted octanol–water partition coefficient (Wildman–Crippen LogP) is 3.00. The maximum atomic E-state index is 12.2. The van der Waals surface area contributed by atoms with E-state index in [4.69, 9.17) is 9.84 Å². The molecule has 0 fully saturated rings. The van der Waals surface area contributed by atoms with E-state index in [1.807, 2.05) is 0 Å². The molecular weight excluding hydrogens is 265 g/mol. The Morgan fingerprint density at radius 3 is 2.58 bits per heavy atom. The standard InChI is InChI=1S/C12H11F3O4/c1-11(2)5-6-3-7(18-12(13,14)15)4-8(10(16)17)9(6)19-11/h3-4H,5H2,1-2H3,(H,16,17). The average Bonchev–Trinajstić information content (AvgIpc) is 2.47. The van der Waals surface area contributed by atoms with Crippen LogP contribution in [-0.2, 0) is 6.42 Å². The molecule has 7 heteroatoms. The fourth-order valence-electron chi connectivity index (χ4n) is 2.03. The third-order valence-electron chi connectivity index (χ3n) is 2.60. The second-order valence-electron chi connectivity index (χ2n) is 4.85. The lowest BCUT2D eigenvalue weighted by molar-refractivity contribution is -0.274. The van der Waals surface area contributed by atoms with Crippen LogP contribution in [0.3, 0.4) is 0 Å². The fraction of sp³-hybridized carbons (Fsp3) is 0.417. The Bertz CT molecular complexity index is 535. The van der Waals surface area contributed by atoms with Gasteiger partial charge in [0.15, 0.2) is 0 Å². The van der Waals surface area contributed by atoms with Crippen molar-refractivity contribution in [2.24, 2.45) is 0 Å². The highest BCUT2D eigenvalue weighted by atomic mass is 19.4. The van der Waals surface area contributed by atoms with Gasteiger partial charge in [0.2, 0.25) is 0 Å². The van der Waals surface area contributed by atoms with Crippen molar-refractivity contribution in [2.75, 3.05) is 0 Å². The van der Waals surface area contributed by atoms with Gasteiger partial charge in [-0.15, -0.1) is 13.2 Å². The maximum absolute atomic E-state index is 12.2. The van der Waals surface area contributed by atoms with Gasteiger partial charge in [-0.05, 0) is 26.0 Å². The smallest absolute Gasteiger partial charge is 0.486 e. The zero-order chi connectivity index (χ0) is 14.4. The normalized spacial score (nSPS) is 16.7. The number of fused-ring (bicyclic) bond motifs is 1.